The number of nitrogens with zero attached hydrogens (tertiary/aromatic N) is 3. The van der Waals surface area contributed by atoms with Crippen LogP contribution in [0.3, 0.4) is 0 Å². The summed E-state index contributed by atoms with van der Waals surface area (Å²) in [5.41, 5.74) is 1.33. The van der Waals surface area contributed by atoms with E-state index in [1.165, 1.54) is 12.4 Å². The Morgan fingerprint density at radius 2 is 2.08 bits per heavy atom. The Bertz CT molecular complexity index is 927. The van der Waals surface area contributed by atoms with E-state index >= 15 is 0 Å². The van der Waals surface area contributed by atoms with Crippen molar-refractivity contribution < 1.29 is 22.7 Å². The summed E-state index contributed by atoms with van der Waals surface area (Å²) in [5.74, 6) is -0.804. The SMILES string of the molecule is O=C(NCc1ccc(OC(F)(F)F)cc1Cl)c1ccn2cnnc2c1. The number of carbonyl (C=O) groups excluding carboxylic acids is 1. The van der Waals surface area contributed by atoms with Gasteiger partial charge in [-0.05, 0) is 29.8 Å². The molecule has 1 N–H and O–H groups in total. The number of amides is 1. The second-order valence-electron chi connectivity index (χ2n) is 5.00. The molecule has 0 atom stereocenters. The van der Waals surface area contributed by atoms with E-state index in [-0.39, 0.29) is 17.5 Å². The van der Waals surface area contributed by atoms with Gasteiger partial charge in [-0.2, -0.15) is 0 Å². The molecule has 0 saturated heterocycles. The van der Waals surface area contributed by atoms with Crippen LogP contribution in [-0.2, 0) is 6.54 Å². The Kier molecular flexibility index (Phi) is 4.49. The first kappa shape index (κ1) is 17.0. The fourth-order valence-corrected chi connectivity index (χ4v) is 2.34. The molecule has 130 valence electrons. The molecule has 0 radical (unpaired) electrons. The predicted molar refractivity (Wildman–Crippen MR) is 82.3 cm³/mol. The van der Waals surface area contributed by atoms with E-state index in [0.717, 1.165) is 12.1 Å². The van der Waals surface area contributed by atoms with Gasteiger partial charge in [-0.3, -0.25) is 9.20 Å². The lowest BCUT2D eigenvalue weighted by molar-refractivity contribution is -0.274. The Morgan fingerprint density at radius 3 is 2.80 bits per heavy atom. The van der Waals surface area contributed by atoms with Crippen molar-refractivity contribution in [2.24, 2.45) is 0 Å². The van der Waals surface area contributed by atoms with Crippen LogP contribution >= 0.6 is 11.6 Å². The van der Waals surface area contributed by atoms with Gasteiger partial charge in [0.05, 0.1) is 0 Å². The van der Waals surface area contributed by atoms with Crippen molar-refractivity contribution in [3.05, 3.63) is 59.0 Å². The summed E-state index contributed by atoms with van der Waals surface area (Å²) in [4.78, 5) is 12.2. The average molecular weight is 371 g/mol. The van der Waals surface area contributed by atoms with E-state index < -0.39 is 12.1 Å². The Labute approximate surface area is 144 Å². The van der Waals surface area contributed by atoms with E-state index in [1.54, 1.807) is 22.7 Å². The fourth-order valence-electron chi connectivity index (χ4n) is 2.10. The van der Waals surface area contributed by atoms with Gasteiger partial charge in [0.2, 0.25) is 0 Å². The monoisotopic (exact) mass is 370 g/mol. The van der Waals surface area contributed by atoms with Gasteiger partial charge in [0.25, 0.3) is 5.91 Å². The highest BCUT2D eigenvalue weighted by molar-refractivity contribution is 6.31. The zero-order chi connectivity index (χ0) is 18.0. The van der Waals surface area contributed by atoms with E-state index in [4.69, 9.17) is 11.6 Å². The Hall–Kier alpha value is -2.81. The number of carbonyl (C=O) groups is 1. The van der Waals surface area contributed by atoms with Gasteiger partial charge in [0.1, 0.15) is 12.1 Å². The number of halogens is 4. The first-order chi connectivity index (χ1) is 11.8. The molecule has 1 aromatic carbocycles. The van der Waals surface area contributed by atoms with Crippen LogP contribution in [0.2, 0.25) is 5.02 Å². The molecule has 0 bridgehead atoms. The minimum absolute atomic E-state index is 0.0435. The van der Waals surface area contributed by atoms with E-state index in [9.17, 15) is 18.0 Å². The maximum atomic E-state index is 12.2. The van der Waals surface area contributed by atoms with E-state index in [2.05, 4.69) is 20.3 Å². The topological polar surface area (TPSA) is 68.5 Å². The quantitative estimate of drug-likeness (QED) is 0.765. The number of hydrogen-bond acceptors (Lipinski definition) is 4. The van der Waals surface area contributed by atoms with Crippen molar-refractivity contribution in [3.63, 3.8) is 0 Å². The normalized spacial score (nSPS) is 11.5. The Balaban J connectivity index is 1.67. The van der Waals surface area contributed by atoms with Gasteiger partial charge < -0.3 is 10.1 Å². The lowest BCUT2D eigenvalue weighted by Gasteiger charge is -2.11. The van der Waals surface area contributed by atoms with Crippen molar-refractivity contribution >= 4 is 23.2 Å². The first-order valence-corrected chi connectivity index (χ1v) is 7.31. The van der Waals surface area contributed by atoms with E-state index in [0.29, 0.717) is 16.8 Å². The number of rotatable bonds is 4. The average Bonchev–Trinajstić information content (AvgIpc) is 2.99. The van der Waals surface area contributed by atoms with Gasteiger partial charge >= 0.3 is 6.36 Å². The lowest BCUT2D eigenvalue weighted by atomic mass is 10.2. The molecule has 2 aromatic heterocycles. The van der Waals surface area contributed by atoms with Crippen LogP contribution in [0.5, 0.6) is 5.75 Å². The fraction of sp³-hybridized carbons (Fsp3) is 0.133. The standard InChI is InChI=1S/C15H10ClF3N4O2/c16-12-6-11(25-15(17,18)19)2-1-10(12)7-20-14(24)9-3-4-23-8-21-22-13(23)5-9/h1-6,8H,7H2,(H,20,24). The number of fused-ring (bicyclic) bond motifs is 1. The van der Waals surface area contributed by atoms with Crippen LogP contribution in [0.15, 0.2) is 42.9 Å². The molecular weight excluding hydrogens is 361 g/mol. The van der Waals surface area contributed by atoms with Crippen LogP contribution in [0.1, 0.15) is 15.9 Å². The summed E-state index contributed by atoms with van der Waals surface area (Å²) in [7, 11) is 0. The van der Waals surface area contributed by atoms with Crippen LogP contribution in [0.25, 0.3) is 5.65 Å². The number of hydrogen-bond donors (Lipinski definition) is 1. The number of alkyl halides is 3. The van der Waals surface area contributed by atoms with Crippen molar-refractivity contribution in [2.45, 2.75) is 12.9 Å². The number of aromatic nitrogens is 3. The zero-order valence-electron chi connectivity index (χ0n) is 12.4. The summed E-state index contributed by atoms with van der Waals surface area (Å²) in [6.07, 6.45) is -1.65. The summed E-state index contributed by atoms with van der Waals surface area (Å²) >= 11 is 5.93. The first-order valence-electron chi connectivity index (χ1n) is 6.93. The third-order valence-electron chi connectivity index (χ3n) is 3.26. The molecule has 0 saturated carbocycles. The van der Waals surface area contributed by atoms with Crippen molar-refractivity contribution in [1.82, 2.24) is 19.9 Å². The predicted octanol–water partition coefficient (Wildman–Crippen LogP) is 3.21. The maximum Gasteiger partial charge on any atom is 0.573 e. The van der Waals surface area contributed by atoms with Gasteiger partial charge in [0, 0.05) is 23.3 Å². The second kappa shape index (κ2) is 6.60. The Morgan fingerprint density at radius 1 is 1.28 bits per heavy atom. The van der Waals surface area contributed by atoms with Crippen LogP contribution in [0, 0.1) is 0 Å². The van der Waals surface area contributed by atoms with Crippen molar-refractivity contribution in [2.75, 3.05) is 0 Å². The third-order valence-corrected chi connectivity index (χ3v) is 3.61. The molecule has 3 aromatic rings. The number of nitrogens with one attached hydrogen (secondary N) is 1. The zero-order valence-corrected chi connectivity index (χ0v) is 13.2. The molecule has 6 nitrogen and oxygen atoms in total. The molecular formula is C15H10ClF3N4O2. The van der Waals surface area contributed by atoms with Gasteiger partial charge in [-0.15, -0.1) is 23.4 Å². The molecule has 25 heavy (non-hydrogen) atoms. The third kappa shape index (κ3) is 4.18. The van der Waals surface area contributed by atoms with Gasteiger partial charge in [-0.1, -0.05) is 17.7 Å². The molecule has 0 spiro atoms. The van der Waals surface area contributed by atoms with Gasteiger partial charge in [0.15, 0.2) is 5.65 Å². The molecule has 2 heterocycles. The molecule has 0 aliphatic rings. The summed E-state index contributed by atoms with van der Waals surface area (Å²) in [6.45, 7) is 0.0435. The number of pyridine rings is 1. The molecule has 1 amide bonds. The molecule has 0 fully saturated rings. The summed E-state index contributed by atoms with van der Waals surface area (Å²) in [5, 5.41) is 10.2. The number of ether oxygens (including phenoxy) is 1. The summed E-state index contributed by atoms with van der Waals surface area (Å²) in [6, 6.07) is 6.67. The van der Waals surface area contributed by atoms with Gasteiger partial charge in [-0.25, -0.2) is 0 Å². The summed E-state index contributed by atoms with van der Waals surface area (Å²) < 4.78 is 41.9. The smallest absolute Gasteiger partial charge is 0.406 e. The molecule has 10 heteroatoms. The highest BCUT2D eigenvalue weighted by Crippen LogP contribution is 2.27. The highest BCUT2D eigenvalue weighted by Gasteiger charge is 2.31. The molecule has 0 aliphatic heterocycles. The minimum atomic E-state index is -4.79. The van der Waals surface area contributed by atoms with Crippen LogP contribution in [-0.4, -0.2) is 26.9 Å². The molecule has 0 unspecified atom stereocenters. The van der Waals surface area contributed by atoms with Crippen molar-refractivity contribution in [3.8, 4) is 5.75 Å². The molecule has 0 aliphatic carbocycles. The maximum absolute atomic E-state index is 12.2. The number of benzene rings is 1. The van der Waals surface area contributed by atoms with Crippen molar-refractivity contribution in [1.29, 1.82) is 0 Å². The van der Waals surface area contributed by atoms with Crippen LogP contribution in [0.4, 0.5) is 13.2 Å². The largest absolute Gasteiger partial charge is 0.573 e. The van der Waals surface area contributed by atoms with Crippen LogP contribution < -0.4 is 10.1 Å². The van der Waals surface area contributed by atoms with E-state index in [1.807, 2.05) is 0 Å². The lowest BCUT2D eigenvalue weighted by Crippen LogP contribution is -2.23. The second-order valence-corrected chi connectivity index (χ2v) is 5.40. The minimum Gasteiger partial charge on any atom is -0.406 e. The highest BCUT2D eigenvalue weighted by atomic mass is 35.5. The molecule has 3 rings (SSSR count).